The van der Waals surface area contributed by atoms with Gasteiger partial charge in [0, 0.05) is 18.5 Å². The number of ether oxygens (including phenoxy) is 1. The molecule has 1 amide bonds. The molecule has 2 rings (SSSR count). The summed E-state index contributed by atoms with van der Waals surface area (Å²) < 4.78 is 32.7. The molecule has 0 bridgehead atoms. The second-order valence-electron chi connectivity index (χ2n) is 6.00. The number of hydrogen-bond donors (Lipinski definition) is 1. The molecule has 0 saturated heterocycles. The molecule has 1 aromatic rings. The molecule has 1 N–H and O–H groups in total. The van der Waals surface area contributed by atoms with Crippen molar-refractivity contribution in [3.8, 4) is 5.75 Å². The number of nitrogens with one attached hydrogen (secondary N) is 1. The molecule has 1 aliphatic heterocycles. The summed E-state index contributed by atoms with van der Waals surface area (Å²) in [6, 6.07) is 4.54. The standard InChI is InChI=1S/C14H20N2O4S/c1-10(17)16-7-8-20-13-9-11(5-6-12(13)16)21(18,19)15-14(2,3)4/h5-6,9,15H,7-8H2,1-4H3. The predicted molar refractivity (Wildman–Crippen MR) is 80.0 cm³/mol. The van der Waals surface area contributed by atoms with E-state index in [1.807, 2.05) is 0 Å². The number of carbonyl (C=O) groups excluding carboxylic acids is 1. The Balaban J connectivity index is 2.40. The average molecular weight is 312 g/mol. The Kier molecular flexibility index (Phi) is 3.99. The predicted octanol–water partition coefficient (Wildman–Crippen LogP) is 1.51. The van der Waals surface area contributed by atoms with Crippen LogP contribution in [0.5, 0.6) is 5.75 Å². The van der Waals surface area contributed by atoms with Crippen molar-refractivity contribution >= 4 is 21.6 Å². The third-order valence-electron chi connectivity index (χ3n) is 2.93. The summed E-state index contributed by atoms with van der Waals surface area (Å²) >= 11 is 0. The van der Waals surface area contributed by atoms with E-state index in [0.29, 0.717) is 24.6 Å². The molecule has 21 heavy (non-hydrogen) atoms. The summed E-state index contributed by atoms with van der Waals surface area (Å²) in [6.45, 7) is 7.61. The van der Waals surface area contributed by atoms with E-state index < -0.39 is 15.6 Å². The molecule has 1 aromatic carbocycles. The Morgan fingerprint density at radius 3 is 2.57 bits per heavy atom. The average Bonchev–Trinajstić information content (AvgIpc) is 2.34. The van der Waals surface area contributed by atoms with Crippen LogP contribution in [0.2, 0.25) is 0 Å². The van der Waals surface area contributed by atoms with E-state index in [2.05, 4.69) is 4.72 Å². The minimum atomic E-state index is -3.62. The summed E-state index contributed by atoms with van der Waals surface area (Å²) in [4.78, 5) is 13.3. The lowest BCUT2D eigenvalue weighted by atomic mass is 10.1. The van der Waals surface area contributed by atoms with Crippen LogP contribution in [0.1, 0.15) is 27.7 Å². The summed E-state index contributed by atoms with van der Waals surface area (Å²) in [5.41, 5.74) is 0.0320. The van der Waals surface area contributed by atoms with E-state index in [-0.39, 0.29) is 10.8 Å². The monoisotopic (exact) mass is 312 g/mol. The van der Waals surface area contributed by atoms with E-state index >= 15 is 0 Å². The molecule has 0 radical (unpaired) electrons. The summed E-state index contributed by atoms with van der Waals surface area (Å²) in [6.07, 6.45) is 0. The fraction of sp³-hybridized carbons (Fsp3) is 0.500. The van der Waals surface area contributed by atoms with Crippen molar-refractivity contribution in [1.82, 2.24) is 4.72 Å². The van der Waals surface area contributed by atoms with Crippen LogP contribution < -0.4 is 14.4 Å². The molecule has 116 valence electrons. The highest BCUT2D eigenvalue weighted by molar-refractivity contribution is 7.89. The first-order chi connectivity index (χ1) is 9.60. The molecule has 0 unspecified atom stereocenters. The first-order valence-electron chi connectivity index (χ1n) is 6.69. The van der Waals surface area contributed by atoms with Crippen molar-refractivity contribution < 1.29 is 17.9 Å². The van der Waals surface area contributed by atoms with Gasteiger partial charge in [-0.3, -0.25) is 4.79 Å². The molecule has 1 aliphatic rings. The van der Waals surface area contributed by atoms with Gasteiger partial charge in [0.1, 0.15) is 12.4 Å². The van der Waals surface area contributed by atoms with Crippen LogP contribution in [0.25, 0.3) is 0 Å². The van der Waals surface area contributed by atoms with Crippen molar-refractivity contribution in [2.45, 2.75) is 38.1 Å². The molecule has 0 spiro atoms. The van der Waals surface area contributed by atoms with Crippen molar-refractivity contribution in [1.29, 1.82) is 0 Å². The molecule has 0 saturated carbocycles. The lowest BCUT2D eigenvalue weighted by molar-refractivity contribution is -0.116. The first kappa shape index (κ1) is 15.8. The number of fused-ring (bicyclic) bond motifs is 1. The smallest absolute Gasteiger partial charge is 0.241 e. The summed E-state index contributed by atoms with van der Waals surface area (Å²) in [5.74, 6) is 0.316. The van der Waals surface area contributed by atoms with Gasteiger partial charge in [0.15, 0.2) is 0 Å². The fourth-order valence-corrected chi connectivity index (χ4v) is 3.59. The van der Waals surface area contributed by atoms with Crippen LogP contribution in [0, 0.1) is 0 Å². The molecule has 0 aliphatic carbocycles. The number of sulfonamides is 1. The minimum absolute atomic E-state index is 0.0945. The number of rotatable bonds is 2. The Morgan fingerprint density at radius 2 is 2.00 bits per heavy atom. The number of carbonyl (C=O) groups is 1. The lowest BCUT2D eigenvalue weighted by Crippen LogP contribution is -2.40. The molecule has 7 heteroatoms. The quantitative estimate of drug-likeness (QED) is 0.898. The molecule has 0 aromatic heterocycles. The van der Waals surface area contributed by atoms with E-state index in [4.69, 9.17) is 4.74 Å². The van der Waals surface area contributed by atoms with Crippen molar-refractivity contribution in [2.24, 2.45) is 0 Å². The molecular formula is C14H20N2O4S. The second-order valence-corrected chi connectivity index (χ2v) is 7.69. The molecular weight excluding hydrogens is 292 g/mol. The number of anilines is 1. The van der Waals surface area contributed by atoms with Crippen LogP contribution in [0.4, 0.5) is 5.69 Å². The van der Waals surface area contributed by atoms with Gasteiger partial charge in [-0.2, -0.15) is 0 Å². The van der Waals surface area contributed by atoms with Gasteiger partial charge in [-0.05, 0) is 32.9 Å². The van der Waals surface area contributed by atoms with E-state index in [0.717, 1.165) is 0 Å². The molecule has 1 heterocycles. The van der Waals surface area contributed by atoms with Gasteiger partial charge in [-0.1, -0.05) is 0 Å². The maximum absolute atomic E-state index is 12.3. The maximum atomic E-state index is 12.3. The van der Waals surface area contributed by atoms with E-state index in [1.165, 1.54) is 19.1 Å². The van der Waals surface area contributed by atoms with Crippen LogP contribution in [0.3, 0.4) is 0 Å². The lowest BCUT2D eigenvalue weighted by Gasteiger charge is -2.29. The maximum Gasteiger partial charge on any atom is 0.241 e. The highest BCUT2D eigenvalue weighted by Crippen LogP contribution is 2.33. The molecule has 0 atom stereocenters. The minimum Gasteiger partial charge on any atom is -0.489 e. The normalized spacial score (nSPS) is 15.3. The highest BCUT2D eigenvalue weighted by Gasteiger charge is 2.26. The summed E-state index contributed by atoms with van der Waals surface area (Å²) in [5, 5.41) is 0. The highest BCUT2D eigenvalue weighted by atomic mass is 32.2. The fourth-order valence-electron chi connectivity index (χ4n) is 2.16. The largest absolute Gasteiger partial charge is 0.489 e. The SMILES string of the molecule is CC(=O)N1CCOc2cc(S(=O)(=O)NC(C)(C)C)ccc21. The Morgan fingerprint density at radius 1 is 1.33 bits per heavy atom. The zero-order valence-electron chi connectivity index (χ0n) is 12.6. The molecule has 6 nitrogen and oxygen atoms in total. The van der Waals surface area contributed by atoms with Crippen molar-refractivity contribution in [3.63, 3.8) is 0 Å². The van der Waals surface area contributed by atoms with Gasteiger partial charge in [-0.25, -0.2) is 13.1 Å². The third-order valence-corrected chi connectivity index (χ3v) is 4.68. The Hall–Kier alpha value is -1.60. The van der Waals surface area contributed by atoms with Crippen LogP contribution >= 0.6 is 0 Å². The Bertz CT molecular complexity index is 662. The summed E-state index contributed by atoms with van der Waals surface area (Å²) in [7, 11) is -3.62. The zero-order valence-corrected chi connectivity index (χ0v) is 13.5. The number of hydrogen-bond acceptors (Lipinski definition) is 4. The number of nitrogens with zero attached hydrogens (tertiary/aromatic N) is 1. The van der Waals surface area contributed by atoms with Gasteiger partial charge < -0.3 is 9.64 Å². The van der Waals surface area contributed by atoms with Crippen LogP contribution in [-0.4, -0.2) is 33.0 Å². The van der Waals surface area contributed by atoms with E-state index in [1.54, 1.807) is 31.7 Å². The van der Waals surface area contributed by atoms with Crippen LogP contribution in [-0.2, 0) is 14.8 Å². The van der Waals surface area contributed by atoms with Crippen LogP contribution in [0.15, 0.2) is 23.1 Å². The van der Waals surface area contributed by atoms with Crippen molar-refractivity contribution in [3.05, 3.63) is 18.2 Å². The second kappa shape index (κ2) is 5.31. The third kappa shape index (κ3) is 3.54. The van der Waals surface area contributed by atoms with E-state index in [9.17, 15) is 13.2 Å². The number of benzene rings is 1. The first-order valence-corrected chi connectivity index (χ1v) is 8.17. The van der Waals surface area contributed by atoms with Crippen molar-refractivity contribution in [2.75, 3.05) is 18.1 Å². The van der Waals surface area contributed by atoms with Gasteiger partial charge in [-0.15, -0.1) is 0 Å². The van der Waals surface area contributed by atoms with Gasteiger partial charge in [0.05, 0.1) is 17.1 Å². The van der Waals surface area contributed by atoms with Gasteiger partial charge in [0.25, 0.3) is 0 Å². The van der Waals surface area contributed by atoms with Gasteiger partial charge >= 0.3 is 0 Å². The van der Waals surface area contributed by atoms with Gasteiger partial charge in [0.2, 0.25) is 15.9 Å². The number of amides is 1. The topological polar surface area (TPSA) is 75.7 Å². The molecule has 0 fully saturated rings. The Labute approximate surface area is 125 Å². The zero-order chi connectivity index (χ0) is 15.8.